The Morgan fingerprint density at radius 3 is 2.31 bits per heavy atom. The fourth-order valence-electron chi connectivity index (χ4n) is 4.60. The standard InChI is InChI=1S/C28H38ClNO4S/c1-21(2)35(33,34)18-6-4-5-7-27(31)20-23-8-13-26(19-22(23)3)30-16-14-28(32,15-17-30)24-9-11-25(29)12-10-24/h8-13,19,21,32H,4-7,14-18,20H2,1-3H3. The molecule has 1 aliphatic heterocycles. The first-order valence-corrected chi connectivity index (χ1v) is 14.7. The van der Waals surface area contributed by atoms with Gasteiger partial charge >= 0.3 is 0 Å². The second kappa shape index (κ2) is 11.9. The third-order valence-corrected chi connectivity index (χ3v) is 9.70. The van der Waals surface area contributed by atoms with Crippen LogP contribution >= 0.6 is 11.6 Å². The molecule has 0 radical (unpaired) electrons. The minimum absolute atomic E-state index is 0.193. The van der Waals surface area contributed by atoms with E-state index < -0.39 is 15.4 Å². The number of aliphatic hydroxyl groups is 1. The van der Waals surface area contributed by atoms with Gasteiger partial charge in [-0.25, -0.2) is 8.42 Å². The summed E-state index contributed by atoms with van der Waals surface area (Å²) in [7, 11) is -3.00. The first kappa shape index (κ1) is 27.7. The molecule has 192 valence electrons. The van der Waals surface area contributed by atoms with Gasteiger partial charge in [-0.1, -0.05) is 36.2 Å². The zero-order valence-corrected chi connectivity index (χ0v) is 22.7. The molecule has 3 rings (SSSR count). The summed E-state index contributed by atoms with van der Waals surface area (Å²) in [6.45, 7) is 6.96. The van der Waals surface area contributed by atoms with E-state index >= 15 is 0 Å². The van der Waals surface area contributed by atoms with Crippen molar-refractivity contribution in [1.82, 2.24) is 0 Å². The molecular formula is C28H38ClNO4S. The molecule has 0 aliphatic carbocycles. The highest BCUT2D eigenvalue weighted by atomic mass is 35.5. The number of benzene rings is 2. The van der Waals surface area contributed by atoms with Crippen molar-refractivity contribution in [3.63, 3.8) is 0 Å². The molecule has 1 saturated heterocycles. The van der Waals surface area contributed by atoms with Crippen molar-refractivity contribution < 1.29 is 18.3 Å². The first-order valence-electron chi connectivity index (χ1n) is 12.6. The molecular weight excluding hydrogens is 482 g/mol. The number of nitrogens with zero attached hydrogens (tertiary/aromatic N) is 1. The van der Waals surface area contributed by atoms with Gasteiger partial charge < -0.3 is 10.0 Å². The van der Waals surface area contributed by atoms with Crippen LogP contribution in [0.1, 0.15) is 69.1 Å². The fourth-order valence-corrected chi connectivity index (χ4v) is 5.80. The number of rotatable bonds is 11. The minimum Gasteiger partial charge on any atom is -0.385 e. The van der Waals surface area contributed by atoms with Gasteiger partial charge in [-0.05, 0) is 87.4 Å². The second-order valence-corrected chi connectivity index (χ2v) is 13.2. The maximum absolute atomic E-state index is 12.5. The van der Waals surface area contributed by atoms with E-state index in [4.69, 9.17) is 11.6 Å². The second-order valence-electron chi connectivity index (χ2n) is 10.1. The van der Waals surface area contributed by atoms with Gasteiger partial charge in [0.2, 0.25) is 0 Å². The van der Waals surface area contributed by atoms with Gasteiger partial charge in [0.15, 0.2) is 9.84 Å². The molecule has 0 unspecified atom stereocenters. The van der Waals surface area contributed by atoms with E-state index in [2.05, 4.69) is 17.0 Å². The largest absolute Gasteiger partial charge is 0.385 e. The Kier molecular flexibility index (Phi) is 9.41. The minimum atomic E-state index is -3.00. The number of piperidine rings is 1. The maximum Gasteiger partial charge on any atom is 0.152 e. The summed E-state index contributed by atoms with van der Waals surface area (Å²) in [5, 5.41) is 11.5. The zero-order chi connectivity index (χ0) is 25.6. The Morgan fingerprint density at radius 1 is 1.06 bits per heavy atom. The zero-order valence-electron chi connectivity index (χ0n) is 21.1. The van der Waals surface area contributed by atoms with E-state index in [-0.39, 0.29) is 16.8 Å². The van der Waals surface area contributed by atoms with Crippen molar-refractivity contribution in [2.75, 3.05) is 23.7 Å². The molecule has 1 N–H and O–H groups in total. The molecule has 1 heterocycles. The van der Waals surface area contributed by atoms with Crippen molar-refractivity contribution in [3.8, 4) is 0 Å². The molecule has 2 aromatic carbocycles. The number of anilines is 1. The van der Waals surface area contributed by atoms with E-state index in [1.807, 2.05) is 37.3 Å². The van der Waals surface area contributed by atoms with Gasteiger partial charge in [-0.2, -0.15) is 0 Å². The van der Waals surface area contributed by atoms with E-state index in [1.54, 1.807) is 13.8 Å². The molecule has 1 fully saturated rings. The number of aryl methyl sites for hydroxylation is 1. The third-order valence-electron chi connectivity index (χ3n) is 7.15. The Labute approximate surface area is 215 Å². The molecule has 0 amide bonds. The molecule has 5 nitrogen and oxygen atoms in total. The molecule has 35 heavy (non-hydrogen) atoms. The van der Waals surface area contributed by atoms with Gasteiger partial charge in [-0.15, -0.1) is 0 Å². The number of hydrogen-bond acceptors (Lipinski definition) is 5. The van der Waals surface area contributed by atoms with Crippen LogP contribution in [0.2, 0.25) is 5.02 Å². The summed E-state index contributed by atoms with van der Waals surface area (Å²) in [5.41, 5.74) is 3.33. The predicted molar refractivity (Wildman–Crippen MR) is 144 cm³/mol. The summed E-state index contributed by atoms with van der Waals surface area (Å²) < 4.78 is 23.7. The van der Waals surface area contributed by atoms with Crippen LogP contribution in [0.3, 0.4) is 0 Å². The normalized spacial score (nSPS) is 16.0. The summed E-state index contributed by atoms with van der Waals surface area (Å²) in [4.78, 5) is 14.8. The lowest BCUT2D eigenvalue weighted by Crippen LogP contribution is -2.42. The number of unbranched alkanes of at least 4 members (excludes halogenated alkanes) is 2. The average molecular weight is 520 g/mol. The quantitative estimate of drug-likeness (QED) is 0.389. The number of ketones is 1. The van der Waals surface area contributed by atoms with Gasteiger partial charge in [0.05, 0.1) is 16.6 Å². The topological polar surface area (TPSA) is 74.7 Å². The highest BCUT2D eigenvalue weighted by molar-refractivity contribution is 7.91. The van der Waals surface area contributed by atoms with E-state index in [0.29, 0.717) is 37.1 Å². The van der Waals surface area contributed by atoms with Gasteiger partial charge in [-0.3, -0.25) is 4.79 Å². The third kappa shape index (κ3) is 7.55. The Morgan fingerprint density at radius 2 is 1.71 bits per heavy atom. The molecule has 2 aromatic rings. The number of sulfone groups is 1. The highest BCUT2D eigenvalue weighted by Crippen LogP contribution is 2.35. The van der Waals surface area contributed by atoms with Crippen LogP contribution in [0, 0.1) is 6.92 Å². The summed E-state index contributed by atoms with van der Waals surface area (Å²) in [6, 6.07) is 13.7. The van der Waals surface area contributed by atoms with Crippen LogP contribution in [0.4, 0.5) is 5.69 Å². The Bertz CT molecular complexity index is 1100. The molecule has 0 aromatic heterocycles. The summed E-state index contributed by atoms with van der Waals surface area (Å²) in [5.74, 6) is 0.395. The lowest BCUT2D eigenvalue weighted by Gasteiger charge is -2.40. The van der Waals surface area contributed by atoms with E-state index in [0.717, 1.165) is 48.3 Å². The predicted octanol–water partition coefficient (Wildman–Crippen LogP) is 5.63. The van der Waals surface area contributed by atoms with Crippen LogP contribution in [0.5, 0.6) is 0 Å². The highest BCUT2D eigenvalue weighted by Gasteiger charge is 2.34. The van der Waals surface area contributed by atoms with Gasteiger partial charge in [0.25, 0.3) is 0 Å². The molecule has 0 atom stereocenters. The van der Waals surface area contributed by atoms with Crippen molar-refractivity contribution in [2.45, 2.75) is 76.6 Å². The van der Waals surface area contributed by atoms with Crippen LogP contribution in [-0.2, 0) is 26.7 Å². The number of carbonyl (C=O) groups excluding carboxylic acids is 1. The van der Waals surface area contributed by atoms with Crippen molar-refractivity contribution in [3.05, 3.63) is 64.2 Å². The SMILES string of the molecule is Cc1cc(N2CCC(O)(c3ccc(Cl)cc3)CC2)ccc1CC(=O)CCCCCS(=O)(=O)C(C)C. The maximum atomic E-state index is 12.5. The van der Waals surface area contributed by atoms with Crippen LogP contribution < -0.4 is 4.90 Å². The number of hydrogen-bond donors (Lipinski definition) is 1. The molecule has 7 heteroatoms. The summed E-state index contributed by atoms with van der Waals surface area (Å²) in [6.07, 6.45) is 4.29. The Balaban J connectivity index is 1.47. The summed E-state index contributed by atoms with van der Waals surface area (Å²) >= 11 is 5.99. The molecule has 0 spiro atoms. The number of Topliss-reactive ketones (excluding diaryl/α,β-unsaturated/α-hetero) is 1. The van der Waals surface area contributed by atoms with Crippen LogP contribution in [-0.4, -0.2) is 43.4 Å². The van der Waals surface area contributed by atoms with Crippen molar-refractivity contribution >= 4 is 32.9 Å². The first-order chi connectivity index (χ1) is 16.5. The van der Waals surface area contributed by atoms with Crippen molar-refractivity contribution in [1.29, 1.82) is 0 Å². The van der Waals surface area contributed by atoms with E-state index in [1.165, 1.54) is 0 Å². The smallest absolute Gasteiger partial charge is 0.152 e. The van der Waals surface area contributed by atoms with Crippen LogP contribution in [0.25, 0.3) is 0 Å². The number of carbonyl (C=O) groups is 1. The lowest BCUT2D eigenvalue weighted by molar-refractivity contribution is -0.118. The molecule has 1 aliphatic rings. The average Bonchev–Trinajstić information content (AvgIpc) is 2.81. The lowest BCUT2D eigenvalue weighted by atomic mass is 9.84. The van der Waals surface area contributed by atoms with Gasteiger partial charge in [0, 0.05) is 36.6 Å². The fraction of sp³-hybridized carbons (Fsp3) is 0.536. The monoisotopic (exact) mass is 519 g/mol. The van der Waals surface area contributed by atoms with E-state index in [9.17, 15) is 18.3 Å². The number of halogens is 1. The Hall–Kier alpha value is -1.89. The van der Waals surface area contributed by atoms with Crippen LogP contribution in [0.15, 0.2) is 42.5 Å². The molecule has 0 saturated carbocycles. The van der Waals surface area contributed by atoms with Gasteiger partial charge in [0.1, 0.15) is 5.78 Å². The molecule has 0 bridgehead atoms. The van der Waals surface area contributed by atoms with Crippen molar-refractivity contribution in [2.24, 2.45) is 0 Å².